The van der Waals surface area contributed by atoms with Gasteiger partial charge in [0.05, 0.1) is 17.2 Å². The maximum absolute atomic E-state index is 13.0. The number of amides is 1. The molecule has 0 saturated heterocycles. The van der Waals surface area contributed by atoms with E-state index in [1.165, 1.54) is 12.1 Å². The van der Waals surface area contributed by atoms with Crippen LogP contribution in [-0.2, 0) is 6.18 Å². The van der Waals surface area contributed by atoms with E-state index in [4.69, 9.17) is 5.26 Å². The fraction of sp³-hybridized carbons (Fsp3) is 0.222. The van der Waals surface area contributed by atoms with Crippen LogP contribution in [0.4, 0.5) is 18.9 Å². The molecule has 0 aliphatic rings. The lowest BCUT2D eigenvalue weighted by Crippen LogP contribution is -2.25. The quantitative estimate of drug-likeness (QED) is 0.781. The summed E-state index contributed by atoms with van der Waals surface area (Å²) in [5, 5.41) is 14.1. The van der Waals surface area contributed by atoms with Crippen LogP contribution in [0, 0.1) is 11.3 Å². The van der Waals surface area contributed by atoms with Gasteiger partial charge in [-0.05, 0) is 36.8 Å². The number of rotatable bonds is 6. The Balaban J connectivity index is 1.86. The second kappa shape index (κ2) is 8.20. The highest BCUT2D eigenvalue weighted by molar-refractivity contribution is 5.94. The van der Waals surface area contributed by atoms with Gasteiger partial charge >= 0.3 is 6.18 Å². The first-order valence-electron chi connectivity index (χ1n) is 7.60. The van der Waals surface area contributed by atoms with E-state index in [0.717, 1.165) is 6.07 Å². The van der Waals surface area contributed by atoms with E-state index < -0.39 is 11.7 Å². The minimum atomic E-state index is -4.54. The van der Waals surface area contributed by atoms with E-state index in [2.05, 4.69) is 10.6 Å². The Bertz CT molecular complexity index is 767. The summed E-state index contributed by atoms with van der Waals surface area (Å²) in [6.07, 6.45) is -4.09. The third kappa shape index (κ3) is 5.24. The molecule has 2 aromatic carbocycles. The minimum Gasteiger partial charge on any atom is -0.384 e. The number of alkyl halides is 3. The van der Waals surface area contributed by atoms with Crippen molar-refractivity contribution in [3.8, 4) is 6.07 Å². The maximum atomic E-state index is 13.0. The van der Waals surface area contributed by atoms with E-state index in [-0.39, 0.29) is 23.7 Å². The van der Waals surface area contributed by atoms with Crippen LogP contribution in [0.15, 0.2) is 48.5 Å². The molecule has 4 nitrogen and oxygen atoms in total. The van der Waals surface area contributed by atoms with Crippen molar-refractivity contribution >= 4 is 11.6 Å². The van der Waals surface area contributed by atoms with Crippen molar-refractivity contribution in [1.82, 2.24) is 5.32 Å². The highest BCUT2D eigenvalue weighted by atomic mass is 19.4. The van der Waals surface area contributed by atoms with Crippen molar-refractivity contribution in [1.29, 1.82) is 5.26 Å². The number of hydrogen-bond acceptors (Lipinski definition) is 3. The van der Waals surface area contributed by atoms with Gasteiger partial charge in [-0.2, -0.15) is 18.4 Å². The zero-order valence-electron chi connectivity index (χ0n) is 13.2. The van der Waals surface area contributed by atoms with Gasteiger partial charge in [-0.25, -0.2) is 0 Å². The first kappa shape index (κ1) is 18.3. The Labute approximate surface area is 143 Å². The molecule has 25 heavy (non-hydrogen) atoms. The molecule has 0 saturated carbocycles. The molecule has 0 unspecified atom stereocenters. The summed E-state index contributed by atoms with van der Waals surface area (Å²) in [5.74, 6) is -0.227. The molecule has 2 rings (SSSR count). The van der Waals surface area contributed by atoms with Crippen LogP contribution in [0.3, 0.4) is 0 Å². The molecular formula is C18H16F3N3O. The van der Waals surface area contributed by atoms with Crippen LogP contribution in [0.25, 0.3) is 0 Å². The van der Waals surface area contributed by atoms with Crippen molar-refractivity contribution in [2.75, 3.05) is 18.4 Å². The SMILES string of the molecule is N#Cc1ccc(NCCCNC(=O)c2ccccc2)c(C(F)(F)F)c1. The van der Waals surface area contributed by atoms with Gasteiger partial charge in [0, 0.05) is 24.3 Å². The summed E-state index contributed by atoms with van der Waals surface area (Å²) in [6.45, 7) is 0.586. The van der Waals surface area contributed by atoms with E-state index in [1.54, 1.807) is 36.4 Å². The molecule has 2 aromatic rings. The van der Waals surface area contributed by atoms with Crippen molar-refractivity contribution < 1.29 is 18.0 Å². The summed E-state index contributed by atoms with van der Waals surface area (Å²) in [6, 6.07) is 13.7. The van der Waals surface area contributed by atoms with Crippen LogP contribution in [0.2, 0.25) is 0 Å². The van der Waals surface area contributed by atoms with E-state index >= 15 is 0 Å². The molecule has 0 fully saturated rings. The lowest BCUT2D eigenvalue weighted by molar-refractivity contribution is -0.137. The summed E-state index contributed by atoms with van der Waals surface area (Å²) >= 11 is 0. The average Bonchev–Trinajstić information content (AvgIpc) is 2.61. The molecule has 1 amide bonds. The molecule has 0 spiro atoms. The minimum absolute atomic E-state index is 0.0481. The first-order valence-corrected chi connectivity index (χ1v) is 7.60. The number of carbonyl (C=O) groups is 1. The predicted molar refractivity (Wildman–Crippen MR) is 88.0 cm³/mol. The molecule has 7 heteroatoms. The molecule has 0 aromatic heterocycles. The maximum Gasteiger partial charge on any atom is 0.418 e. The Kier molecular flexibility index (Phi) is 6.01. The molecule has 130 valence electrons. The lowest BCUT2D eigenvalue weighted by Gasteiger charge is -2.15. The largest absolute Gasteiger partial charge is 0.418 e. The molecule has 0 atom stereocenters. The smallest absolute Gasteiger partial charge is 0.384 e. The van der Waals surface area contributed by atoms with Crippen LogP contribution in [-0.4, -0.2) is 19.0 Å². The van der Waals surface area contributed by atoms with E-state index in [9.17, 15) is 18.0 Å². The molecular weight excluding hydrogens is 331 g/mol. The molecule has 0 bridgehead atoms. The number of anilines is 1. The third-order valence-electron chi connectivity index (χ3n) is 3.44. The van der Waals surface area contributed by atoms with Crippen LogP contribution in [0.1, 0.15) is 27.9 Å². The van der Waals surface area contributed by atoms with Crippen LogP contribution >= 0.6 is 0 Å². The van der Waals surface area contributed by atoms with Gasteiger partial charge in [-0.3, -0.25) is 4.79 Å². The molecule has 0 aliphatic carbocycles. The highest BCUT2D eigenvalue weighted by Crippen LogP contribution is 2.35. The van der Waals surface area contributed by atoms with Gasteiger partial charge in [-0.15, -0.1) is 0 Å². The summed E-state index contributed by atoms with van der Waals surface area (Å²) in [5.41, 5.74) is -0.476. The second-order valence-electron chi connectivity index (χ2n) is 5.27. The summed E-state index contributed by atoms with van der Waals surface area (Å²) in [4.78, 5) is 11.8. The van der Waals surface area contributed by atoms with Crippen molar-refractivity contribution in [3.63, 3.8) is 0 Å². The molecule has 0 aliphatic heterocycles. The Morgan fingerprint density at radius 2 is 1.80 bits per heavy atom. The third-order valence-corrected chi connectivity index (χ3v) is 3.44. The number of hydrogen-bond donors (Lipinski definition) is 2. The van der Waals surface area contributed by atoms with Gasteiger partial charge in [0.15, 0.2) is 0 Å². The number of carbonyl (C=O) groups excluding carboxylic acids is 1. The number of nitriles is 1. The number of halogens is 3. The number of benzene rings is 2. The number of nitrogens with zero attached hydrogens (tertiary/aromatic N) is 1. The average molecular weight is 347 g/mol. The van der Waals surface area contributed by atoms with Crippen LogP contribution < -0.4 is 10.6 Å². The van der Waals surface area contributed by atoms with Gasteiger partial charge in [0.1, 0.15) is 0 Å². The van der Waals surface area contributed by atoms with E-state index in [0.29, 0.717) is 18.5 Å². The zero-order chi connectivity index (χ0) is 18.3. The first-order chi connectivity index (χ1) is 11.9. The second-order valence-corrected chi connectivity index (χ2v) is 5.27. The van der Waals surface area contributed by atoms with Gasteiger partial charge in [-0.1, -0.05) is 18.2 Å². The van der Waals surface area contributed by atoms with E-state index in [1.807, 2.05) is 0 Å². The summed E-state index contributed by atoms with van der Waals surface area (Å²) in [7, 11) is 0. The molecule has 2 N–H and O–H groups in total. The highest BCUT2D eigenvalue weighted by Gasteiger charge is 2.33. The monoisotopic (exact) mass is 347 g/mol. The van der Waals surface area contributed by atoms with Crippen molar-refractivity contribution in [2.24, 2.45) is 0 Å². The van der Waals surface area contributed by atoms with Crippen molar-refractivity contribution in [2.45, 2.75) is 12.6 Å². The number of nitrogens with one attached hydrogen (secondary N) is 2. The normalized spacial score (nSPS) is 10.8. The van der Waals surface area contributed by atoms with Crippen molar-refractivity contribution in [3.05, 3.63) is 65.2 Å². The Morgan fingerprint density at radius 1 is 1.08 bits per heavy atom. The van der Waals surface area contributed by atoms with Gasteiger partial charge in [0.2, 0.25) is 0 Å². The standard InChI is InChI=1S/C18H16F3N3O/c19-18(20,21)15-11-13(12-22)7-8-16(15)23-9-4-10-24-17(25)14-5-2-1-3-6-14/h1-3,5-8,11,23H,4,9-10H2,(H,24,25). The Morgan fingerprint density at radius 3 is 2.44 bits per heavy atom. The molecule has 0 radical (unpaired) electrons. The van der Waals surface area contributed by atoms with Crippen LogP contribution in [0.5, 0.6) is 0 Å². The topological polar surface area (TPSA) is 64.9 Å². The zero-order valence-corrected chi connectivity index (χ0v) is 13.2. The Hall–Kier alpha value is -3.01. The predicted octanol–water partition coefficient (Wildman–Crippen LogP) is 3.81. The fourth-order valence-electron chi connectivity index (χ4n) is 2.21. The lowest BCUT2D eigenvalue weighted by atomic mass is 10.1. The van der Waals surface area contributed by atoms with Gasteiger partial charge in [0.25, 0.3) is 5.91 Å². The summed E-state index contributed by atoms with van der Waals surface area (Å²) < 4.78 is 39.1. The fourth-order valence-corrected chi connectivity index (χ4v) is 2.21. The molecule has 0 heterocycles. The van der Waals surface area contributed by atoms with Gasteiger partial charge < -0.3 is 10.6 Å².